The molecule has 3 nitrogen and oxygen atoms in total. The second kappa shape index (κ2) is 8.52. The number of nitrogens with one attached hydrogen (secondary N) is 1. The van der Waals surface area contributed by atoms with Crippen LogP contribution in [0, 0.1) is 0 Å². The van der Waals surface area contributed by atoms with E-state index in [1.54, 1.807) is 0 Å². The lowest BCUT2D eigenvalue weighted by Crippen LogP contribution is -2.45. The van der Waals surface area contributed by atoms with Gasteiger partial charge in [0.1, 0.15) is 0 Å². The first-order valence-corrected chi connectivity index (χ1v) is 8.42. The Hall–Kier alpha value is -0.900. The lowest BCUT2D eigenvalue weighted by molar-refractivity contribution is 0.152. The minimum absolute atomic E-state index is 0.448. The van der Waals surface area contributed by atoms with Crippen LogP contribution in [0.5, 0.6) is 0 Å². The molecular weight excluding hydrogens is 258 g/mol. The number of hydrogen-bond donors (Lipinski definition) is 1. The molecule has 0 aromatic heterocycles. The first-order chi connectivity index (χ1) is 10.2. The molecule has 118 valence electrons. The minimum Gasteiger partial charge on any atom is -0.310 e. The summed E-state index contributed by atoms with van der Waals surface area (Å²) in [4.78, 5) is 5.00. The standard InChI is InChI=1S/C18H31N3/c1-4-17-6-8-18(9-7-17)16(2)19-10-5-11-21-14-12-20(3)13-15-21/h6-9,16,19H,4-5,10-15H2,1-3H3. The molecule has 0 aliphatic carbocycles. The molecule has 21 heavy (non-hydrogen) atoms. The Balaban J connectivity index is 1.63. The lowest BCUT2D eigenvalue weighted by atomic mass is 10.0. The molecular formula is C18H31N3. The molecule has 1 aromatic carbocycles. The SMILES string of the molecule is CCc1ccc(C(C)NCCCN2CCN(C)CC2)cc1. The van der Waals surface area contributed by atoms with Gasteiger partial charge in [-0.2, -0.15) is 0 Å². The molecule has 1 saturated heterocycles. The molecule has 0 saturated carbocycles. The number of benzene rings is 1. The van der Waals surface area contributed by atoms with Crippen LogP contribution in [0.3, 0.4) is 0 Å². The zero-order chi connectivity index (χ0) is 15.1. The molecule has 0 amide bonds. The van der Waals surface area contributed by atoms with Crippen LogP contribution in [-0.2, 0) is 6.42 Å². The topological polar surface area (TPSA) is 18.5 Å². The van der Waals surface area contributed by atoms with E-state index in [4.69, 9.17) is 0 Å². The summed E-state index contributed by atoms with van der Waals surface area (Å²) in [7, 11) is 2.21. The fourth-order valence-corrected chi connectivity index (χ4v) is 2.85. The van der Waals surface area contributed by atoms with Crippen molar-refractivity contribution in [3.8, 4) is 0 Å². The van der Waals surface area contributed by atoms with Crippen molar-refractivity contribution < 1.29 is 0 Å². The fraction of sp³-hybridized carbons (Fsp3) is 0.667. The minimum atomic E-state index is 0.448. The van der Waals surface area contributed by atoms with E-state index in [1.807, 2.05) is 0 Å². The fourth-order valence-electron chi connectivity index (χ4n) is 2.85. The van der Waals surface area contributed by atoms with Crippen molar-refractivity contribution in [1.29, 1.82) is 0 Å². The first-order valence-electron chi connectivity index (χ1n) is 8.42. The van der Waals surface area contributed by atoms with Gasteiger partial charge in [0, 0.05) is 32.2 Å². The normalized spacial score (nSPS) is 18.8. The van der Waals surface area contributed by atoms with E-state index in [-0.39, 0.29) is 0 Å². The Bertz CT molecular complexity index is 393. The van der Waals surface area contributed by atoms with Gasteiger partial charge in [-0.15, -0.1) is 0 Å². The molecule has 1 aliphatic heterocycles. The van der Waals surface area contributed by atoms with Gasteiger partial charge in [-0.05, 0) is 51.0 Å². The van der Waals surface area contributed by atoms with E-state index in [0.717, 1.165) is 13.0 Å². The molecule has 1 fully saturated rings. The summed E-state index contributed by atoms with van der Waals surface area (Å²) >= 11 is 0. The highest BCUT2D eigenvalue weighted by Gasteiger charge is 2.13. The largest absolute Gasteiger partial charge is 0.310 e. The summed E-state index contributed by atoms with van der Waals surface area (Å²) in [6.07, 6.45) is 2.36. The van der Waals surface area contributed by atoms with Crippen molar-refractivity contribution in [3.63, 3.8) is 0 Å². The summed E-state index contributed by atoms with van der Waals surface area (Å²) < 4.78 is 0. The zero-order valence-electron chi connectivity index (χ0n) is 13.9. The maximum Gasteiger partial charge on any atom is 0.0291 e. The molecule has 0 radical (unpaired) electrons. The van der Waals surface area contributed by atoms with Gasteiger partial charge in [-0.3, -0.25) is 0 Å². The second-order valence-corrected chi connectivity index (χ2v) is 6.27. The maximum absolute atomic E-state index is 3.65. The van der Waals surface area contributed by atoms with E-state index in [0.29, 0.717) is 6.04 Å². The van der Waals surface area contributed by atoms with Gasteiger partial charge >= 0.3 is 0 Å². The van der Waals surface area contributed by atoms with Crippen LogP contribution in [-0.4, -0.2) is 56.1 Å². The molecule has 1 unspecified atom stereocenters. The number of likely N-dealkylation sites (N-methyl/N-ethyl adjacent to an activating group) is 1. The lowest BCUT2D eigenvalue weighted by Gasteiger charge is -2.32. The van der Waals surface area contributed by atoms with Crippen LogP contribution in [0.25, 0.3) is 0 Å². The summed E-state index contributed by atoms with van der Waals surface area (Å²) in [5, 5.41) is 3.65. The van der Waals surface area contributed by atoms with E-state index in [2.05, 4.69) is 60.3 Å². The zero-order valence-corrected chi connectivity index (χ0v) is 13.9. The highest BCUT2D eigenvalue weighted by atomic mass is 15.2. The predicted molar refractivity (Wildman–Crippen MR) is 90.8 cm³/mol. The highest BCUT2D eigenvalue weighted by molar-refractivity contribution is 5.24. The molecule has 0 spiro atoms. The summed E-state index contributed by atoms with van der Waals surface area (Å²) in [6.45, 7) is 11.7. The number of aryl methyl sites for hydroxylation is 1. The van der Waals surface area contributed by atoms with E-state index in [1.165, 1.54) is 50.3 Å². The van der Waals surface area contributed by atoms with E-state index < -0.39 is 0 Å². The Labute approximate surface area is 130 Å². The average molecular weight is 289 g/mol. The second-order valence-electron chi connectivity index (χ2n) is 6.27. The molecule has 1 atom stereocenters. The van der Waals surface area contributed by atoms with Gasteiger partial charge in [0.15, 0.2) is 0 Å². The van der Waals surface area contributed by atoms with Gasteiger partial charge in [0.25, 0.3) is 0 Å². The Morgan fingerprint density at radius 1 is 1.10 bits per heavy atom. The monoisotopic (exact) mass is 289 g/mol. The summed E-state index contributed by atoms with van der Waals surface area (Å²) in [5.41, 5.74) is 2.81. The predicted octanol–water partition coefficient (Wildman–Crippen LogP) is 2.54. The number of hydrogen-bond acceptors (Lipinski definition) is 3. The third kappa shape index (κ3) is 5.42. The van der Waals surface area contributed by atoms with Crippen LogP contribution < -0.4 is 5.32 Å². The van der Waals surface area contributed by atoms with Crippen molar-refractivity contribution in [2.75, 3.05) is 46.3 Å². The van der Waals surface area contributed by atoms with E-state index in [9.17, 15) is 0 Å². The van der Waals surface area contributed by atoms with Crippen molar-refractivity contribution in [1.82, 2.24) is 15.1 Å². The van der Waals surface area contributed by atoms with Crippen LogP contribution >= 0.6 is 0 Å². The third-order valence-electron chi connectivity index (χ3n) is 4.59. The highest BCUT2D eigenvalue weighted by Crippen LogP contribution is 2.13. The number of rotatable bonds is 7. The molecule has 1 aromatic rings. The molecule has 3 heteroatoms. The van der Waals surface area contributed by atoms with E-state index >= 15 is 0 Å². The van der Waals surface area contributed by atoms with Crippen LogP contribution in [0.15, 0.2) is 24.3 Å². The Kier molecular flexibility index (Phi) is 6.68. The Morgan fingerprint density at radius 3 is 2.38 bits per heavy atom. The van der Waals surface area contributed by atoms with Gasteiger partial charge in [0.2, 0.25) is 0 Å². The number of piperazine rings is 1. The maximum atomic E-state index is 3.65. The van der Waals surface area contributed by atoms with Gasteiger partial charge in [-0.25, -0.2) is 0 Å². The van der Waals surface area contributed by atoms with Crippen LogP contribution in [0.2, 0.25) is 0 Å². The molecule has 1 N–H and O–H groups in total. The first kappa shape index (κ1) is 16.5. The third-order valence-corrected chi connectivity index (χ3v) is 4.59. The molecule has 0 bridgehead atoms. The van der Waals surface area contributed by atoms with Gasteiger partial charge in [-0.1, -0.05) is 31.2 Å². The summed E-state index contributed by atoms with van der Waals surface area (Å²) in [5.74, 6) is 0. The van der Waals surface area contributed by atoms with Crippen molar-refractivity contribution in [2.45, 2.75) is 32.7 Å². The smallest absolute Gasteiger partial charge is 0.0291 e. The van der Waals surface area contributed by atoms with Crippen molar-refractivity contribution in [3.05, 3.63) is 35.4 Å². The molecule has 1 heterocycles. The summed E-state index contributed by atoms with van der Waals surface area (Å²) in [6, 6.07) is 9.46. The van der Waals surface area contributed by atoms with Crippen molar-refractivity contribution in [2.24, 2.45) is 0 Å². The average Bonchev–Trinajstić information content (AvgIpc) is 2.53. The van der Waals surface area contributed by atoms with Crippen molar-refractivity contribution >= 4 is 0 Å². The number of nitrogens with zero attached hydrogens (tertiary/aromatic N) is 2. The Morgan fingerprint density at radius 2 is 1.76 bits per heavy atom. The van der Waals surface area contributed by atoms with Gasteiger partial charge in [0.05, 0.1) is 0 Å². The van der Waals surface area contributed by atoms with Crippen LogP contribution in [0.4, 0.5) is 0 Å². The molecule has 2 rings (SSSR count). The quantitative estimate of drug-likeness (QED) is 0.778. The molecule has 1 aliphatic rings. The van der Waals surface area contributed by atoms with Gasteiger partial charge < -0.3 is 15.1 Å². The van der Waals surface area contributed by atoms with Crippen LogP contribution in [0.1, 0.15) is 37.4 Å².